The van der Waals surface area contributed by atoms with Crippen molar-refractivity contribution in [2.45, 2.75) is 11.8 Å². The molecule has 158 valence electrons. The summed E-state index contributed by atoms with van der Waals surface area (Å²) in [5, 5.41) is 3.73. The maximum absolute atomic E-state index is 12.7. The van der Waals surface area contributed by atoms with Crippen LogP contribution in [-0.2, 0) is 10.0 Å². The predicted octanol–water partition coefficient (Wildman–Crippen LogP) is 3.15. The molecule has 0 fully saturated rings. The number of para-hydroxylation sites is 1. The second-order valence-electron chi connectivity index (χ2n) is 7.20. The van der Waals surface area contributed by atoms with Crippen LogP contribution >= 0.6 is 0 Å². The first-order valence-corrected chi connectivity index (χ1v) is 10.8. The third-order valence-corrected chi connectivity index (χ3v) is 6.73. The third-order valence-electron chi connectivity index (χ3n) is 4.90. The summed E-state index contributed by atoms with van der Waals surface area (Å²) in [6, 6.07) is 14.3. The summed E-state index contributed by atoms with van der Waals surface area (Å²) >= 11 is 0. The van der Waals surface area contributed by atoms with Gasteiger partial charge < -0.3 is 9.73 Å². The molecule has 0 saturated heterocycles. The molecule has 8 nitrogen and oxygen atoms in total. The van der Waals surface area contributed by atoms with Gasteiger partial charge in [0.15, 0.2) is 0 Å². The first kappa shape index (κ1) is 20.7. The van der Waals surface area contributed by atoms with Crippen molar-refractivity contribution in [1.82, 2.24) is 9.29 Å². The second kappa shape index (κ2) is 7.60. The molecule has 0 radical (unpaired) electrons. The van der Waals surface area contributed by atoms with E-state index >= 15 is 0 Å². The third kappa shape index (κ3) is 3.69. The molecule has 9 heteroatoms. The molecule has 0 aliphatic heterocycles. The van der Waals surface area contributed by atoms with Gasteiger partial charge in [0.25, 0.3) is 5.91 Å². The number of fused-ring (bicyclic) bond motifs is 3. The molecule has 4 aromatic rings. The number of anilines is 1. The highest BCUT2D eigenvalue weighted by Crippen LogP contribution is 2.25. The van der Waals surface area contributed by atoms with E-state index in [2.05, 4.69) is 10.3 Å². The summed E-state index contributed by atoms with van der Waals surface area (Å²) in [4.78, 5) is 29.6. The Bertz CT molecular complexity index is 1490. The highest BCUT2D eigenvalue weighted by molar-refractivity contribution is 7.89. The van der Waals surface area contributed by atoms with E-state index in [1.165, 1.54) is 38.4 Å². The Morgan fingerprint density at radius 3 is 2.42 bits per heavy atom. The molecule has 2 aromatic heterocycles. The van der Waals surface area contributed by atoms with Crippen LogP contribution in [0, 0.1) is 6.92 Å². The van der Waals surface area contributed by atoms with Gasteiger partial charge in [0.05, 0.1) is 15.8 Å². The second-order valence-corrected chi connectivity index (χ2v) is 9.35. The molecular formula is C22H19N3O5S. The highest BCUT2D eigenvalue weighted by atomic mass is 32.2. The zero-order chi connectivity index (χ0) is 22.3. The van der Waals surface area contributed by atoms with Crippen molar-refractivity contribution < 1.29 is 17.6 Å². The van der Waals surface area contributed by atoms with Crippen LogP contribution in [0.2, 0.25) is 0 Å². The molecule has 2 aromatic carbocycles. The Hall–Kier alpha value is -3.56. The maximum atomic E-state index is 12.7. The molecule has 0 atom stereocenters. The van der Waals surface area contributed by atoms with Crippen molar-refractivity contribution in [2.75, 3.05) is 19.4 Å². The smallest absolute Gasteiger partial charge is 0.346 e. The van der Waals surface area contributed by atoms with E-state index in [1.54, 1.807) is 31.2 Å². The van der Waals surface area contributed by atoms with Gasteiger partial charge in [-0.05, 0) is 55.0 Å². The number of pyridine rings is 1. The first-order valence-electron chi connectivity index (χ1n) is 9.35. The SMILES string of the molecule is Cc1cc(NC(=O)c2ccc(S(=O)(=O)N(C)C)cc2)nc2c1c(=O)oc1ccccc12. The number of carbonyl (C=O) groups is 1. The Morgan fingerprint density at radius 2 is 1.74 bits per heavy atom. The van der Waals surface area contributed by atoms with E-state index < -0.39 is 21.6 Å². The number of rotatable bonds is 4. The number of amides is 1. The standard InChI is InChI=1S/C22H19N3O5S/c1-13-12-18(23-20-16-6-4-5-7-17(16)30-22(27)19(13)20)24-21(26)14-8-10-15(11-9-14)31(28,29)25(2)3/h4-12H,1-3H3,(H,23,24,26). The molecule has 1 N–H and O–H groups in total. The molecular weight excluding hydrogens is 418 g/mol. The van der Waals surface area contributed by atoms with Crippen LogP contribution in [0.5, 0.6) is 0 Å². The maximum Gasteiger partial charge on any atom is 0.346 e. The molecule has 1 amide bonds. The van der Waals surface area contributed by atoms with Crippen molar-refractivity contribution in [1.29, 1.82) is 0 Å². The topological polar surface area (TPSA) is 110 Å². The van der Waals surface area contributed by atoms with Crippen molar-refractivity contribution >= 4 is 43.6 Å². The van der Waals surface area contributed by atoms with Crippen LogP contribution in [0.4, 0.5) is 5.82 Å². The zero-order valence-electron chi connectivity index (χ0n) is 17.0. The van der Waals surface area contributed by atoms with Gasteiger partial charge >= 0.3 is 5.63 Å². The van der Waals surface area contributed by atoms with Crippen LogP contribution in [0.1, 0.15) is 15.9 Å². The van der Waals surface area contributed by atoms with Gasteiger partial charge in [-0.25, -0.2) is 22.5 Å². The van der Waals surface area contributed by atoms with Gasteiger partial charge in [-0.2, -0.15) is 0 Å². The molecule has 0 spiro atoms. The Kier molecular flexibility index (Phi) is 5.08. The molecule has 4 rings (SSSR count). The van der Waals surface area contributed by atoms with Crippen LogP contribution < -0.4 is 10.9 Å². The van der Waals surface area contributed by atoms with Gasteiger partial charge in [-0.3, -0.25) is 4.79 Å². The summed E-state index contributed by atoms with van der Waals surface area (Å²) in [6.45, 7) is 1.74. The lowest BCUT2D eigenvalue weighted by molar-refractivity contribution is 0.102. The lowest BCUT2D eigenvalue weighted by Crippen LogP contribution is -2.22. The molecule has 31 heavy (non-hydrogen) atoms. The van der Waals surface area contributed by atoms with Crippen molar-refractivity contribution in [3.05, 3.63) is 76.1 Å². The van der Waals surface area contributed by atoms with E-state index in [1.807, 2.05) is 6.07 Å². The molecule has 0 bridgehead atoms. The number of aryl methyl sites for hydroxylation is 1. The van der Waals surface area contributed by atoms with Gasteiger partial charge in [0, 0.05) is 25.0 Å². The van der Waals surface area contributed by atoms with Gasteiger partial charge in [-0.1, -0.05) is 12.1 Å². The fraction of sp³-hybridized carbons (Fsp3) is 0.136. The largest absolute Gasteiger partial charge is 0.422 e. The number of benzene rings is 2. The van der Waals surface area contributed by atoms with Gasteiger partial charge in [0.2, 0.25) is 10.0 Å². The number of aromatic nitrogens is 1. The lowest BCUT2D eigenvalue weighted by Gasteiger charge is -2.12. The average Bonchev–Trinajstić information content (AvgIpc) is 2.73. The van der Waals surface area contributed by atoms with Crippen LogP contribution in [0.25, 0.3) is 21.9 Å². The monoisotopic (exact) mass is 437 g/mol. The zero-order valence-corrected chi connectivity index (χ0v) is 17.9. The first-order chi connectivity index (χ1) is 14.7. The molecule has 0 saturated carbocycles. The predicted molar refractivity (Wildman–Crippen MR) is 118 cm³/mol. The number of sulfonamides is 1. The molecule has 2 heterocycles. The van der Waals surface area contributed by atoms with Crippen LogP contribution in [0.15, 0.2) is 68.7 Å². The summed E-state index contributed by atoms with van der Waals surface area (Å²) in [7, 11) is -0.705. The minimum Gasteiger partial charge on any atom is -0.422 e. The van der Waals surface area contributed by atoms with E-state index in [9.17, 15) is 18.0 Å². The summed E-state index contributed by atoms with van der Waals surface area (Å²) in [5.74, 6) is -0.178. The Labute approximate surface area is 178 Å². The quantitative estimate of drug-likeness (QED) is 0.388. The normalized spacial score (nSPS) is 11.9. The fourth-order valence-electron chi connectivity index (χ4n) is 3.27. The van der Waals surface area contributed by atoms with Crippen molar-refractivity contribution in [3.8, 4) is 0 Å². The minimum atomic E-state index is -3.58. The van der Waals surface area contributed by atoms with E-state index in [4.69, 9.17) is 4.42 Å². The highest BCUT2D eigenvalue weighted by Gasteiger charge is 2.18. The summed E-state index contributed by atoms with van der Waals surface area (Å²) < 4.78 is 30.8. The summed E-state index contributed by atoms with van der Waals surface area (Å²) in [6.07, 6.45) is 0. The van der Waals surface area contributed by atoms with Gasteiger partial charge in [0.1, 0.15) is 11.4 Å². The van der Waals surface area contributed by atoms with Crippen LogP contribution in [-0.4, -0.2) is 37.7 Å². The Morgan fingerprint density at radius 1 is 1.06 bits per heavy atom. The number of nitrogens with one attached hydrogen (secondary N) is 1. The van der Waals surface area contributed by atoms with E-state index in [-0.39, 0.29) is 16.3 Å². The van der Waals surface area contributed by atoms with E-state index in [0.717, 1.165) is 4.31 Å². The average molecular weight is 437 g/mol. The number of nitrogens with zero attached hydrogens (tertiary/aromatic N) is 2. The van der Waals surface area contributed by atoms with Crippen molar-refractivity contribution in [3.63, 3.8) is 0 Å². The van der Waals surface area contributed by atoms with Crippen LogP contribution in [0.3, 0.4) is 0 Å². The lowest BCUT2D eigenvalue weighted by atomic mass is 10.1. The Balaban J connectivity index is 1.71. The van der Waals surface area contributed by atoms with E-state index in [0.29, 0.717) is 27.4 Å². The molecule has 0 unspecified atom stereocenters. The summed E-state index contributed by atoms with van der Waals surface area (Å²) in [5.41, 5.74) is 1.25. The van der Waals surface area contributed by atoms with Gasteiger partial charge in [-0.15, -0.1) is 0 Å². The number of hydrogen-bond donors (Lipinski definition) is 1. The number of hydrogen-bond acceptors (Lipinski definition) is 6. The minimum absolute atomic E-state index is 0.0897. The molecule has 0 aliphatic carbocycles. The fourth-order valence-corrected chi connectivity index (χ4v) is 4.17. The number of carbonyl (C=O) groups excluding carboxylic acids is 1. The van der Waals surface area contributed by atoms with Crippen molar-refractivity contribution in [2.24, 2.45) is 0 Å². The molecule has 0 aliphatic rings.